The minimum Gasteiger partial charge on any atom is -0.507 e. The minimum atomic E-state index is -0.371. The van der Waals surface area contributed by atoms with Gasteiger partial charge in [-0.3, -0.25) is 4.68 Å². The average Bonchev–Trinajstić information content (AvgIpc) is 3.28. The topological polar surface area (TPSA) is 58.3 Å². The van der Waals surface area contributed by atoms with Crippen molar-refractivity contribution in [2.45, 2.75) is 109 Å². The predicted octanol–water partition coefficient (Wildman–Crippen LogP) is 9.23. The summed E-state index contributed by atoms with van der Waals surface area (Å²) in [4.78, 5) is 0. The maximum atomic E-state index is 12.2. The molecule has 0 amide bonds. The van der Waals surface area contributed by atoms with Gasteiger partial charge in [-0.1, -0.05) is 106 Å². The van der Waals surface area contributed by atoms with Crippen molar-refractivity contribution in [1.29, 1.82) is 0 Å². The summed E-state index contributed by atoms with van der Waals surface area (Å²) in [7, 11) is 1.99. The smallest absolute Gasteiger partial charge is 0.123 e. The summed E-state index contributed by atoms with van der Waals surface area (Å²) in [5.41, 5.74) is 7.92. The number of phenols is 2. The van der Waals surface area contributed by atoms with Crippen molar-refractivity contribution in [2.24, 2.45) is 7.05 Å². The predicted molar refractivity (Wildman–Crippen MR) is 168 cm³/mol. The van der Waals surface area contributed by atoms with Crippen molar-refractivity contribution in [2.75, 3.05) is 0 Å². The third kappa shape index (κ3) is 4.83. The average molecular weight is 551 g/mol. The Hall–Kier alpha value is -3.27. The maximum absolute atomic E-state index is 12.2. The lowest BCUT2D eigenvalue weighted by Gasteiger charge is -2.37. The van der Waals surface area contributed by atoms with Gasteiger partial charge < -0.3 is 10.2 Å². The summed E-state index contributed by atoms with van der Waals surface area (Å²) in [5, 5.41) is 30.4. The number of aryl methyl sites for hydroxylation is 3. The van der Waals surface area contributed by atoms with Crippen LogP contribution in [-0.2, 0) is 17.9 Å². The van der Waals surface area contributed by atoms with E-state index in [0.29, 0.717) is 11.5 Å². The molecule has 0 bridgehead atoms. The molecule has 4 nitrogen and oxygen atoms in total. The van der Waals surface area contributed by atoms with Crippen molar-refractivity contribution in [3.63, 3.8) is 0 Å². The standard InChI is InChI=1S/C37H46N2O2/c1-24-20-27(34(40)29(22-24)36(3)16-10-6-11-17-36)32(33-26-14-8-9-15-31(26)38-39(33)5)28-21-25(2)23-30(35(28)41)37(4)18-12-7-13-19-37/h8-9,14-15,20-23,32,40-41H,6-7,10-13,16-19H2,1-5H3. The molecule has 4 heteroatoms. The van der Waals surface area contributed by atoms with Crippen molar-refractivity contribution in [3.8, 4) is 11.5 Å². The van der Waals surface area contributed by atoms with Crippen LogP contribution in [0.5, 0.6) is 11.5 Å². The molecular formula is C37H46N2O2. The molecule has 0 saturated heterocycles. The lowest BCUT2D eigenvalue weighted by molar-refractivity contribution is 0.306. The molecular weight excluding hydrogens is 504 g/mol. The first-order valence-corrected chi connectivity index (χ1v) is 15.7. The van der Waals surface area contributed by atoms with E-state index in [1.165, 1.54) is 38.5 Å². The van der Waals surface area contributed by atoms with Crippen molar-refractivity contribution < 1.29 is 10.2 Å². The number of aromatic hydroxyl groups is 2. The van der Waals surface area contributed by atoms with Crippen LogP contribution in [-0.4, -0.2) is 20.0 Å². The lowest BCUT2D eigenvalue weighted by Crippen LogP contribution is -2.26. The second kappa shape index (κ2) is 10.5. The maximum Gasteiger partial charge on any atom is 0.123 e. The van der Waals surface area contributed by atoms with E-state index in [1.807, 2.05) is 23.9 Å². The molecule has 2 saturated carbocycles. The van der Waals surface area contributed by atoms with Gasteiger partial charge in [-0.2, -0.15) is 5.10 Å². The van der Waals surface area contributed by atoms with E-state index in [4.69, 9.17) is 5.10 Å². The van der Waals surface area contributed by atoms with Gasteiger partial charge in [0.25, 0.3) is 0 Å². The fraction of sp³-hybridized carbons (Fsp3) is 0.486. The Balaban J connectivity index is 1.65. The molecule has 0 radical (unpaired) electrons. The molecule has 0 unspecified atom stereocenters. The van der Waals surface area contributed by atoms with Crippen LogP contribution >= 0.6 is 0 Å². The van der Waals surface area contributed by atoms with Crippen LogP contribution in [0.25, 0.3) is 10.9 Å². The number of rotatable bonds is 5. The quantitative estimate of drug-likeness (QED) is 0.260. The first-order chi connectivity index (χ1) is 19.6. The second-order valence-electron chi connectivity index (χ2n) is 13.7. The van der Waals surface area contributed by atoms with Gasteiger partial charge in [-0.25, -0.2) is 0 Å². The number of nitrogens with zero attached hydrogens (tertiary/aromatic N) is 2. The van der Waals surface area contributed by atoms with E-state index in [9.17, 15) is 10.2 Å². The van der Waals surface area contributed by atoms with Crippen LogP contribution in [0.1, 0.15) is 123 Å². The highest BCUT2D eigenvalue weighted by molar-refractivity contribution is 5.84. The fourth-order valence-corrected chi connectivity index (χ4v) is 8.15. The third-order valence-electron chi connectivity index (χ3n) is 10.5. The molecule has 41 heavy (non-hydrogen) atoms. The second-order valence-corrected chi connectivity index (χ2v) is 13.7. The summed E-state index contributed by atoms with van der Waals surface area (Å²) < 4.78 is 1.96. The highest BCUT2D eigenvalue weighted by atomic mass is 16.3. The monoisotopic (exact) mass is 550 g/mol. The molecule has 216 valence electrons. The Labute approximate surface area is 245 Å². The van der Waals surface area contributed by atoms with Gasteiger partial charge >= 0.3 is 0 Å². The SMILES string of the molecule is Cc1cc(C(c2cc(C)cc(C3(C)CCCCC3)c2O)c2c3ccccc3nn2C)c(O)c(C2(C)CCCCC2)c1. The van der Waals surface area contributed by atoms with Crippen molar-refractivity contribution >= 4 is 10.9 Å². The summed E-state index contributed by atoms with van der Waals surface area (Å²) in [6.07, 6.45) is 11.6. The van der Waals surface area contributed by atoms with Gasteiger partial charge in [-0.15, -0.1) is 0 Å². The molecule has 6 rings (SSSR count). The molecule has 2 fully saturated rings. The number of hydrogen-bond donors (Lipinski definition) is 2. The zero-order chi connectivity index (χ0) is 28.9. The Morgan fingerprint density at radius 2 is 1.17 bits per heavy atom. The van der Waals surface area contributed by atoms with Gasteiger partial charge in [-0.05, 0) is 56.4 Å². The molecule has 0 atom stereocenters. The van der Waals surface area contributed by atoms with Gasteiger partial charge in [0.15, 0.2) is 0 Å². The number of benzene rings is 3. The molecule has 0 spiro atoms. The Bertz CT molecular complexity index is 1510. The van der Waals surface area contributed by atoms with Crippen molar-refractivity contribution in [3.05, 3.63) is 87.6 Å². The number of fused-ring (bicyclic) bond motifs is 1. The van der Waals surface area contributed by atoms with E-state index in [2.05, 4.69) is 64.1 Å². The van der Waals surface area contributed by atoms with Gasteiger partial charge in [0.2, 0.25) is 0 Å². The highest BCUT2D eigenvalue weighted by Crippen LogP contribution is 2.52. The summed E-state index contributed by atoms with van der Waals surface area (Å²) in [6, 6.07) is 16.9. The fourth-order valence-electron chi connectivity index (χ4n) is 8.15. The first kappa shape index (κ1) is 27.9. The molecule has 2 N–H and O–H groups in total. The number of aromatic nitrogens is 2. The van der Waals surface area contributed by atoms with Crippen LogP contribution in [0.4, 0.5) is 0 Å². The largest absolute Gasteiger partial charge is 0.507 e. The zero-order valence-corrected chi connectivity index (χ0v) is 25.6. The van der Waals surface area contributed by atoms with Crippen LogP contribution in [0.15, 0.2) is 48.5 Å². The lowest BCUT2D eigenvalue weighted by atomic mass is 9.68. The van der Waals surface area contributed by atoms with Crippen LogP contribution < -0.4 is 0 Å². The summed E-state index contributed by atoms with van der Waals surface area (Å²) >= 11 is 0. The van der Waals surface area contributed by atoms with E-state index in [0.717, 1.165) is 75.7 Å². The van der Waals surface area contributed by atoms with E-state index in [-0.39, 0.29) is 16.7 Å². The Kier molecular flexibility index (Phi) is 7.16. The number of hydrogen-bond acceptors (Lipinski definition) is 3. The normalized spacial score (nSPS) is 18.7. The molecule has 2 aliphatic carbocycles. The van der Waals surface area contributed by atoms with E-state index in [1.54, 1.807) is 0 Å². The molecule has 2 aliphatic rings. The van der Waals surface area contributed by atoms with Crippen LogP contribution in [0.3, 0.4) is 0 Å². The summed E-state index contributed by atoms with van der Waals surface area (Å²) in [5.74, 6) is 0.382. The summed E-state index contributed by atoms with van der Waals surface area (Å²) in [6.45, 7) is 8.93. The zero-order valence-electron chi connectivity index (χ0n) is 25.6. The van der Waals surface area contributed by atoms with Crippen LogP contribution in [0.2, 0.25) is 0 Å². The molecule has 0 aliphatic heterocycles. The Morgan fingerprint density at radius 1 is 0.707 bits per heavy atom. The van der Waals surface area contributed by atoms with Gasteiger partial charge in [0.05, 0.1) is 17.1 Å². The molecule has 1 aromatic heterocycles. The van der Waals surface area contributed by atoms with Gasteiger partial charge in [0, 0.05) is 34.7 Å². The van der Waals surface area contributed by atoms with E-state index >= 15 is 0 Å². The molecule has 3 aromatic carbocycles. The number of phenolic OH excluding ortho intramolecular Hbond substituents is 2. The van der Waals surface area contributed by atoms with Gasteiger partial charge in [0.1, 0.15) is 11.5 Å². The Morgan fingerprint density at radius 3 is 1.66 bits per heavy atom. The highest BCUT2D eigenvalue weighted by Gasteiger charge is 2.38. The molecule has 4 aromatic rings. The van der Waals surface area contributed by atoms with Crippen molar-refractivity contribution in [1.82, 2.24) is 9.78 Å². The van der Waals surface area contributed by atoms with Crippen LogP contribution in [0, 0.1) is 13.8 Å². The van der Waals surface area contributed by atoms with E-state index < -0.39 is 0 Å². The molecule has 1 heterocycles. The first-order valence-electron chi connectivity index (χ1n) is 15.7. The minimum absolute atomic E-state index is 0.0580. The third-order valence-corrected chi connectivity index (χ3v) is 10.5.